The zero-order valence-electron chi connectivity index (χ0n) is 11.0. The number of aryl methyl sites for hydroxylation is 2. The van der Waals surface area contributed by atoms with Gasteiger partial charge in [0.05, 0.1) is 0 Å². The Bertz CT molecular complexity index is 774. The molecule has 0 aliphatic heterocycles. The van der Waals surface area contributed by atoms with Gasteiger partial charge in [0, 0.05) is 28.0 Å². The van der Waals surface area contributed by atoms with Crippen LogP contribution in [0.2, 0.25) is 5.02 Å². The number of nitrogens with one attached hydrogen (secondary N) is 1. The third-order valence-corrected chi connectivity index (χ3v) is 4.10. The van der Waals surface area contributed by atoms with Gasteiger partial charge in [-0.1, -0.05) is 17.7 Å². The third-order valence-electron chi connectivity index (χ3n) is 2.95. The van der Waals surface area contributed by atoms with Crippen LogP contribution in [0, 0.1) is 13.8 Å². The molecular weight excluding hydrogens is 294 g/mol. The lowest BCUT2D eigenvalue weighted by Crippen LogP contribution is -2.13. The van der Waals surface area contributed by atoms with Gasteiger partial charge in [0.15, 0.2) is 4.96 Å². The van der Waals surface area contributed by atoms with E-state index in [0.717, 1.165) is 15.4 Å². The molecule has 0 atom stereocenters. The summed E-state index contributed by atoms with van der Waals surface area (Å²) in [5.41, 5.74) is 2.06. The number of imidazole rings is 1. The number of aromatic nitrogens is 2. The van der Waals surface area contributed by atoms with Gasteiger partial charge < -0.3 is 5.32 Å². The van der Waals surface area contributed by atoms with Gasteiger partial charge in [0.25, 0.3) is 5.91 Å². The number of hydrogen-bond donors (Lipinski definition) is 1. The molecule has 1 aromatic carbocycles. The van der Waals surface area contributed by atoms with E-state index in [4.69, 9.17) is 11.6 Å². The fourth-order valence-corrected chi connectivity index (χ4v) is 2.92. The smallest absolute Gasteiger partial charge is 0.275 e. The van der Waals surface area contributed by atoms with Crippen molar-refractivity contribution in [1.29, 1.82) is 0 Å². The largest absolute Gasteiger partial charge is 0.320 e. The van der Waals surface area contributed by atoms with Crippen molar-refractivity contribution < 1.29 is 4.79 Å². The highest BCUT2D eigenvalue weighted by Crippen LogP contribution is 2.21. The van der Waals surface area contributed by atoms with Gasteiger partial charge >= 0.3 is 0 Å². The Labute approximate surface area is 125 Å². The van der Waals surface area contributed by atoms with Crippen LogP contribution in [-0.2, 0) is 0 Å². The van der Waals surface area contributed by atoms with Crippen molar-refractivity contribution in [1.82, 2.24) is 9.38 Å². The van der Waals surface area contributed by atoms with Crippen LogP contribution >= 0.6 is 22.9 Å². The first-order valence-electron chi connectivity index (χ1n) is 6.05. The van der Waals surface area contributed by atoms with Crippen LogP contribution in [0.1, 0.15) is 20.9 Å². The summed E-state index contributed by atoms with van der Waals surface area (Å²) < 4.78 is 1.86. The van der Waals surface area contributed by atoms with Crippen molar-refractivity contribution in [3.63, 3.8) is 0 Å². The second kappa shape index (κ2) is 4.92. The molecule has 0 bridgehead atoms. The Morgan fingerprint density at radius 3 is 2.90 bits per heavy atom. The normalized spacial score (nSPS) is 10.9. The van der Waals surface area contributed by atoms with Crippen molar-refractivity contribution in [3.05, 3.63) is 51.7 Å². The minimum Gasteiger partial charge on any atom is -0.320 e. The van der Waals surface area contributed by atoms with Crippen molar-refractivity contribution in [2.24, 2.45) is 0 Å². The highest BCUT2D eigenvalue weighted by atomic mass is 35.5. The van der Waals surface area contributed by atoms with Crippen molar-refractivity contribution in [2.75, 3.05) is 5.32 Å². The molecule has 0 aliphatic rings. The lowest BCUT2D eigenvalue weighted by atomic mass is 10.2. The standard InChI is InChI=1S/C14H12ClN3OS/c1-8-3-4-10(15)5-11(8)16-13(19)12-7-18-6-9(2)20-14(18)17-12/h3-7H,1-2H3,(H,16,19). The number of benzene rings is 1. The minimum absolute atomic E-state index is 0.232. The second-order valence-electron chi connectivity index (χ2n) is 4.57. The molecule has 0 aliphatic carbocycles. The van der Waals surface area contributed by atoms with Gasteiger partial charge in [-0.05, 0) is 31.5 Å². The third kappa shape index (κ3) is 2.42. The van der Waals surface area contributed by atoms with Crippen LogP contribution in [0.4, 0.5) is 5.69 Å². The van der Waals surface area contributed by atoms with Gasteiger partial charge in [-0.2, -0.15) is 0 Å². The molecule has 0 radical (unpaired) electrons. The van der Waals surface area contributed by atoms with Gasteiger partial charge in [0.1, 0.15) is 5.69 Å². The van der Waals surface area contributed by atoms with Crippen LogP contribution in [-0.4, -0.2) is 15.3 Å². The number of carbonyl (C=O) groups excluding carboxylic acids is 1. The molecule has 102 valence electrons. The summed E-state index contributed by atoms with van der Waals surface area (Å²) in [4.78, 5) is 18.5. The van der Waals surface area contributed by atoms with E-state index in [-0.39, 0.29) is 5.91 Å². The Balaban J connectivity index is 1.88. The minimum atomic E-state index is -0.232. The Kier molecular flexibility index (Phi) is 3.23. The predicted octanol–water partition coefficient (Wildman–Crippen LogP) is 3.92. The summed E-state index contributed by atoms with van der Waals surface area (Å²) in [5, 5.41) is 3.43. The average Bonchev–Trinajstić information content (AvgIpc) is 2.91. The number of anilines is 1. The van der Waals surface area contributed by atoms with Crippen LogP contribution in [0.25, 0.3) is 4.96 Å². The number of thiazole rings is 1. The van der Waals surface area contributed by atoms with E-state index in [2.05, 4.69) is 10.3 Å². The number of amides is 1. The molecule has 1 N–H and O–H groups in total. The molecule has 4 nitrogen and oxygen atoms in total. The molecule has 6 heteroatoms. The van der Waals surface area contributed by atoms with Gasteiger partial charge in [-0.25, -0.2) is 4.98 Å². The number of halogens is 1. The summed E-state index contributed by atoms with van der Waals surface area (Å²) in [7, 11) is 0. The van der Waals surface area contributed by atoms with Gasteiger partial charge in [-0.3, -0.25) is 9.20 Å². The monoisotopic (exact) mass is 305 g/mol. The molecule has 3 rings (SSSR count). The number of fused-ring (bicyclic) bond motifs is 1. The number of nitrogens with zero attached hydrogens (tertiary/aromatic N) is 2. The molecule has 2 aromatic heterocycles. The van der Waals surface area contributed by atoms with E-state index in [0.29, 0.717) is 16.4 Å². The van der Waals surface area contributed by atoms with Crippen molar-refractivity contribution in [2.45, 2.75) is 13.8 Å². The van der Waals surface area contributed by atoms with Crippen LogP contribution in [0.15, 0.2) is 30.6 Å². The molecular formula is C14H12ClN3OS. The molecule has 1 amide bonds. The topological polar surface area (TPSA) is 46.4 Å². The second-order valence-corrected chi connectivity index (χ2v) is 6.22. The van der Waals surface area contributed by atoms with E-state index in [1.54, 1.807) is 29.7 Å². The summed E-state index contributed by atoms with van der Waals surface area (Å²) in [5.74, 6) is -0.232. The Hall–Kier alpha value is -1.85. The van der Waals surface area contributed by atoms with E-state index in [1.807, 2.05) is 30.5 Å². The molecule has 3 aromatic rings. The molecule has 0 spiro atoms. The first-order chi connectivity index (χ1) is 9.52. The maximum Gasteiger partial charge on any atom is 0.275 e. The highest BCUT2D eigenvalue weighted by Gasteiger charge is 2.13. The molecule has 0 saturated carbocycles. The quantitative estimate of drug-likeness (QED) is 0.780. The Morgan fingerprint density at radius 1 is 1.35 bits per heavy atom. The van der Waals surface area contributed by atoms with Crippen molar-refractivity contribution in [3.8, 4) is 0 Å². The molecule has 0 saturated heterocycles. The predicted molar refractivity (Wildman–Crippen MR) is 81.9 cm³/mol. The SMILES string of the molecule is Cc1cn2cc(C(=O)Nc3cc(Cl)ccc3C)nc2s1. The first kappa shape index (κ1) is 13.1. The summed E-state index contributed by atoms with van der Waals surface area (Å²) >= 11 is 7.49. The molecule has 0 unspecified atom stereocenters. The lowest BCUT2D eigenvalue weighted by molar-refractivity contribution is 0.102. The maximum absolute atomic E-state index is 12.2. The summed E-state index contributed by atoms with van der Waals surface area (Å²) in [6, 6.07) is 5.40. The van der Waals surface area contributed by atoms with E-state index in [9.17, 15) is 4.79 Å². The number of carbonyl (C=O) groups is 1. The maximum atomic E-state index is 12.2. The van der Waals surface area contributed by atoms with E-state index in [1.165, 1.54) is 0 Å². The average molecular weight is 306 g/mol. The molecule has 20 heavy (non-hydrogen) atoms. The van der Waals surface area contributed by atoms with Crippen molar-refractivity contribution >= 4 is 39.5 Å². The molecule has 0 fully saturated rings. The van der Waals surface area contributed by atoms with Crippen LogP contribution in [0.3, 0.4) is 0 Å². The lowest BCUT2D eigenvalue weighted by Gasteiger charge is -2.07. The highest BCUT2D eigenvalue weighted by molar-refractivity contribution is 7.17. The zero-order chi connectivity index (χ0) is 14.3. The van der Waals surface area contributed by atoms with Crippen LogP contribution < -0.4 is 5.32 Å². The summed E-state index contributed by atoms with van der Waals surface area (Å²) in [6.45, 7) is 3.93. The van der Waals surface area contributed by atoms with Gasteiger partial charge in [0.2, 0.25) is 0 Å². The van der Waals surface area contributed by atoms with Crippen LogP contribution in [0.5, 0.6) is 0 Å². The zero-order valence-corrected chi connectivity index (χ0v) is 12.5. The number of rotatable bonds is 2. The Morgan fingerprint density at radius 2 is 2.15 bits per heavy atom. The summed E-state index contributed by atoms with van der Waals surface area (Å²) in [6.07, 6.45) is 3.68. The van der Waals surface area contributed by atoms with E-state index >= 15 is 0 Å². The fraction of sp³-hybridized carbons (Fsp3) is 0.143. The van der Waals surface area contributed by atoms with E-state index < -0.39 is 0 Å². The molecule has 2 heterocycles. The van der Waals surface area contributed by atoms with Gasteiger partial charge in [-0.15, -0.1) is 11.3 Å². The fourth-order valence-electron chi connectivity index (χ4n) is 1.94. The first-order valence-corrected chi connectivity index (χ1v) is 7.25. The number of hydrogen-bond acceptors (Lipinski definition) is 3.